The summed E-state index contributed by atoms with van der Waals surface area (Å²) in [5.74, 6) is 0. The molecule has 4 nitrogen and oxygen atoms in total. The number of aryl methyl sites for hydroxylation is 1. The Hall–Kier alpha value is -7.02. The number of rotatable bonds is 10. The topological polar surface area (TPSA) is 22.9 Å². The van der Waals surface area contributed by atoms with Crippen LogP contribution in [0.3, 0.4) is 0 Å². The van der Waals surface area contributed by atoms with E-state index in [1.807, 2.05) is 0 Å². The lowest BCUT2D eigenvalue weighted by Gasteiger charge is -2.47. The van der Waals surface area contributed by atoms with Gasteiger partial charge in [0.25, 0.3) is 6.71 Å². The Bertz CT molecular complexity index is 4280. The number of benzene rings is 8. The second-order valence-corrected chi connectivity index (χ2v) is 31.2. The molecule has 2 aromatic heterocycles. The molecular weight excluding hydrogens is 1050 g/mol. The quantitative estimate of drug-likeness (QED) is 0.127. The van der Waals surface area contributed by atoms with Crippen molar-refractivity contribution >= 4 is 117 Å². The standard InChI is InChI=1S/C79H86BN3OS/c1-16-18-36-75(6,7)58-48-69-56(41-49(58)17-2)72-73(85-69)80-62-46-60-61(79(14,15)40-39-78(60,12)13)47-64(62)83(63-30-25-31-67-70(63)55-34-32-50(74(3,4)5)42-68(55)84-67)66-45-54(81(51-26-21-19-22-27-51)52-28-23-20-24-29-52)44-65(71(66)80)82(72)53-33-35-57-59(43-53)77(10,11)38-37-76(57,8)9/h19-35,41-48H,16-18,36-40H2,1-15H3. The lowest BCUT2D eigenvalue weighted by atomic mass is 9.35. The number of hydrogen-bond acceptors (Lipinski definition) is 5. The second kappa shape index (κ2) is 19.5. The van der Waals surface area contributed by atoms with Crippen molar-refractivity contribution in [2.75, 3.05) is 14.7 Å². The van der Waals surface area contributed by atoms with Crippen LogP contribution >= 0.6 is 11.3 Å². The highest BCUT2D eigenvalue weighted by molar-refractivity contribution is 7.33. The van der Waals surface area contributed by atoms with Gasteiger partial charge in [-0.05, 0) is 206 Å². The molecule has 0 spiro atoms. The van der Waals surface area contributed by atoms with E-state index < -0.39 is 0 Å². The molecule has 4 aliphatic rings. The first kappa shape index (κ1) is 55.8. The van der Waals surface area contributed by atoms with Gasteiger partial charge in [0.2, 0.25) is 0 Å². The molecule has 14 rings (SSSR count). The van der Waals surface area contributed by atoms with Gasteiger partial charge in [0.05, 0.1) is 22.4 Å². The molecule has 432 valence electrons. The number of para-hydroxylation sites is 2. The molecule has 0 fully saturated rings. The van der Waals surface area contributed by atoms with E-state index in [0.717, 1.165) is 76.8 Å². The normalized spacial score (nSPS) is 17.2. The lowest BCUT2D eigenvalue weighted by Crippen LogP contribution is -2.61. The SMILES string of the molecule is CCCCC(C)(C)c1cc2sc3c(c2cc1CC)N(c1ccc2c(c1)C(C)(C)CCC2(C)C)c1cc(N(c2ccccc2)c2ccccc2)cc2c1B3c1cc3c(cc1N2c1cccc2oc4cc(C(C)(C)C)ccc4c12)C(C)(C)CCC3(C)C. The van der Waals surface area contributed by atoms with E-state index in [0.29, 0.717) is 0 Å². The van der Waals surface area contributed by atoms with Gasteiger partial charge in [0, 0.05) is 54.4 Å². The molecular formula is C79H86BN3OS. The van der Waals surface area contributed by atoms with Gasteiger partial charge in [-0.1, -0.05) is 183 Å². The van der Waals surface area contributed by atoms with Crippen LogP contribution in [0, 0.1) is 0 Å². The smallest absolute Gasteiger partial charge is 0.264 e. The lowest BCUT2D eigenvalue weighted by molar-refractivity contribution is 0.332. The van der Waals surface area contributed by atoms with Crippen LogP contribution in [0.25, 0.3) is 32.0 Å². The zero-order chi connectivity index (χ0) is 59.5. The molecule has 0 atom stereocenters. The number of anilines is 9. The highest BCUT2D eigenvalue weighted by Gasteiger charge is 2.49. The Balaban J connectivity index is 1.17. The Morgan fingerprint density at radius 2 is 1.15 bits per heavy atom. The van der Waals surface area contributed by atoms with Crippen LogP contribution in [-0.4, -0.2) is 6.71 Å². The molecule has 0 amide bonds. The van der Waals surface area contributed by atoms with Gasteiger partial charge in [-0.3, -0.25) is 0 Å². The predicted molar refractivity (Wildman–Crippen MR) is 369 cm³/mol. The number of furan rings is 1. The summed E-state index contributed by atoms with van der Waals surface area (Å²) in [6.07, 6.45) is 9.13. The van der Waals surface area contributed by atoms with E-state index in [4.69, 9.17) is 4.42 Å². The molecule has 0 unspecified atom stereocenters. The van der Waals surface area contributed by atoms with Crippen LogP contribution in [0.5, 0.6) is 0 Å². The van der Waals surface area contributed by atoms with Crippen LogP contribution in [0.15, 0.2) is 156 Å². The summed E-state index contributed by atoms with van der Waals surface area (Å²) in [6.45, 7) is 36.4. The summed E-state index contributed by atoms with van der Waals surface area (Å²) in [5, 5.41) is 3.64. The first-order valence-corrected chi connectivity index (χ1v) is 32.8. The average molecular weight is 1140 g/mol. The largest absolute Gasteiger partial charge is 0.456 e. The van der Waals surface area contributed by atoms with Gasteiger partial charge >= 0.3 is 0 Å². The number of unbranched alkanes of at least 4 members (excludes halogenated alkanes) is 1. The van der Waals surface area contributed by atoms with Crippen LogP contribution in [-0.2, 0) is 38.9 Å². The third kappa shape index (κ3) is 8.78. The van der Waals surface area contributed by atoms with E-state index in [1.165, 1.54) is 112 Å². The third-order valence-electron chi connectivity index (χ3n) is 21.1. The fourth-order valence-corrected chi connectivity index (χ4v) is 17.1. The molecule has 0 bridgehead atoms. The minimum absolute atomic E-state index is 0.000877. The molecule has 0 saturated heterocycles. The highest BCUT2D eigenvalue weighted by Crippen LogP contribution is 2.56. The zero-order valence-electron chi connectivity index (χ0n) is 53.3. The van der Waals surface area contributed by atoms with Crippen molar-refractivity contribution in [1.29, 1.82) is 0 Å². The van der Waals surface area contributed by atoms with E-state index in [-0.39, 0.29) is 39.2 Å². The van der Waals surface area contributed by atoms with E-state index in [2.05, 4.69) is 282 Å². The molecule has 10 aromatic rings. The first-order chi connectivity index (χ1) is 40.4. The molecule has 0 saturated carbocycles. The van der Waals surface area contributed by atoms with Crippen LogP contribution in [0.1, 0.15) is 188 Å². The number of hydrogen-bond donors (Lipinski definition) is 0. The minimum atomic E-state index is -0.0636. The molecule has 8 aromatic carbocycles. The van der Waals surface area contributed by atoms with Gasteiger partial charge < -0.3 is 19.1 Å². The third-order valence-corrected chi connectivity index (χ3v) is 22.3. The molecule has 2 aliphatic heterocycles. The van der Waals surface area contributed by atoms with Crippen LogP contribution in [0.4, 0.5) is 51.2 Å². The van der Waals surface area contributed by atoms with E-state index in [9.17, 15) is 0 Å². The van der Waals surface area contributed by atoms with Crippen LogP contribution in [0.2, 0.25) is 0 Å². The van der Waals surface area contributed by atoms with Gasteiger partial charge in [-0.25, -0.2) is 0 Å². The summed E-state index contributed by atoms with van der Waals surface area (Å²) < 4.78 is 9.87. The minimum Gasteiger partial charge on any atom is -0.456 e. The van der Waals surface area contributed by atoms with Crippen molar-refractivity contribution < 1.29 is 4.42 Å². The van der Waals surface area contributed by atoms with Crippen molar-refractivity contribution in [2.45, 2.75) is 188 Å². The zero-order valence-corrected chi connectivity index (χ0v) is 54.1. The molecule has 6 heteroatoms. The van der Waals surface area contributed by atoms with E-state index in [1.54, 1.807) is 0 Å². The Labute approximate surface area is 511 Å². The first-order valence-electron chi connectivity index (χ1n) is 32.0. The summed E-state index contributed by atoms with van der Waals surface area (Å²) in [7, 11) is 0. The Kier molecular flexibility index (Phi) is 12.8. The molecule has 4 heterocycles. The van der Waals surface area contributed by atoms with Crippen molar-refractivity contribution in [3.8, 4) is 0 Å². The fraction of sp³-hybridized carbons (Fsp3) is 0.367. The van der Waals surface area contributed by atoms with Gasteiger partial charge in [-0.15, -0.1) is 11.3 Å². The predicted octanol–water partition coefficient (Wildman–Crippen LogP) is 21.4. The monoisotopic (exact) mass is 1140 g/mol. The van der Waals surface area contributed by atoms with Crippen LogP contribution < -0.4 is 30.4 Å². The summed E-state index contributed by atoms with van der Waals surface area (Å²) in [4.78, 5) is 7.96. The number of fused-ring (bicyclic) bond motifs is 11. The summed E-state index contributed by atoms with van der Waals surface area (Å²) in [5.41, 5.74) is 25.4. The molecule has 85 heavy (non-hydrogen) atoms. The Morgan fingerprint density at radius 1 is 0.541 bits per heavy atom. The van der Waals surface area contributed by atoms with Crippen molar-refractivity contribution in [2.24, 2.45) is 0 Å². The maximum Gasteiger partial charge on any atom is 0.264 e. The van der Waals surface area contributed by atoms with Crippen molar-refractivity contribution in [1.82, 2.24) is 0 Å². The molecule has 0 radical (unpaired) electrons. The average Bonchev–Trinajstić information content (AvgIpc) is 1.86. The van der Waals surface area contributed by atoms with Gasteiger partial charge in [0.15, 0.2) is 0 Å². The highest BCUT2D eigenvalue weighted by atomic mass is 32.1. The molecule has 2 aliphatic carbocycles. The second-order valence-electron chi connectivity index (χ2n) is 30.1. The van der Waals surface area contributed by atoms with Crippen molar-refractivity contribution in [3.05, 3.63) is 191 Å². The van der Waals surface area contributed by atoms with Gasteiger partial charge in [0.1, 0.15) is 11.2 Å². The maximum atomic E-state index is 7.07. The number of nitrogens with zero attached hydrogens (tertiary/aromatic N) is 3. The number of thiophene rings is 1. The Morgan fingerprint density at radius 3 is 1.78 bits per heavy atom. The molecule has 0 N–H and O–H groups in total. The van der Waals surface area contributed by atoms with Crippen molar-refractivity contribution in [3.63, 3.8) is 0 Å². The summed E-state index contributed by atoms with van der Waals surface area (Å²) >= 11 is 2.06. The summed E-state index contributed by atoms with van der Waals surface area (Å²) in [6, 6.07) is 59.3. The fourth-order valence-electron chi connectivity index (χ4n) is 15.7. The van der Waals surface area contributed by atoms with E-state index >= 15 is 0 Å². The maximum absolute atomic E-state index is 7.07. The van der Waals surface area contributed by atoms with Gasteiger partial charge in [-0.2, -0.15) is 0 Å².